The number of halogens is 2. The van der Waals surface area contributed by atoms with Crippen molar-refractivity contribution in [3.8, 4) is 11.1 Å². The summed E-state index contributed by atoms with van der Waals surface area (Å²) in [4.78, 5) is 22.5. The molecule has 2 aliphatic heterocycles. The molecule has 0 aromatic carbocycles. The van der Waals surface area contributed by atoms with Crippen molar-refractivity contribution < 1.29 is 8.78 Å². The quantitative estimate of drug-likeness (QED) is 0.583. The number of fused-ring (bicyclic) bond motifs is 1. The third-order valence-corrected chi connectivity index (χ3v) is 6.58. The Balaban J connectivity index is 1.38. The summed E-state index contributed by atoms with van der Waals surface area (Å²) in [5.74, 6) is -0.238. The molecule has 0 atom stereocenters. The number of hydrogen-bond acceptors (Lipinski definition) is 6. The molecule has 3 aromatic rings. The molecule has 0 unspecified atom stereocenters. The van der Waals surface area contributed by atoms with Crippen LogP contribution in [0.3, 0.4) is 0 Å². The smallest absolute Gasteiger partial charge is 0.266 e. The molecule has 0 saturated carbocycles. The Labute approximate surface area is 192 Å². The van der Waals surface area contributed by atoms with Crippen molar-refractivity contribution in [2.45, 2.75) is 52.5 Å². The highest BCUT2D eigenvalue weighted by Crippen LogP contribution is 2.32. The van der Waals surface area contributed by atoms with E-state index in [0.29, 0.717) is 12.4 Å². The van der Waals surface area contributed by atoms with Gasteiger partial charge in [-0.3, -0.25) is 4.98 Å². The van der Waals surface area contributed by atoms with Crippen LogP contribution < -0.4 is 9.80 Å². The van der Waals surface area contributed by atoms with Crippen molar-refractivity contribution >= 4 is 11.6 Å². The van der Waals surface area contributed by atoms with Crippen molar-refractivity contribution in [2.75, 3.05) is 29.4 Å². The Bertz CT molecular complexity index is 1180. The average molecular weight is 451 g/mol. The Morgan fingerprint density at radius 2 is 1.82 bits per heavy atom. The second-order valence-corrected chi connectivity index (χ2v) is 8.95. The number of aromatic nitrogens is 4. The van der Waals surface area contributed by atoms with E-state index in [1.54, 1.807) is 11.1 Å². The standard InChI is InChI=1S/C25H28F2N6/c1-4-21-16(2)24(31-17(3)30-21)32-9-7-22-20(14-32)11-19(13-28-22)18-5-6-23(29-12-18)33-10-8-25(26,27)15-33/h5-6,11-13H,4,7-10,14-15H2,1-3H3. The van der Waals surface area contributed by atoms with Gasteiger partial charge in [0.1, 0.15) is 17.5 Å². The maximum atomic E-state index is 13.5. The largest absolute Gasteiger partial charge is 0.351 e. The van der Waals surface area contributed by atoms with Crippen molar-refractivity contribution in [3.63, 3.8) is 0 Å². The number of hydrogen-bond donors (Lipinski definition) is 0. The highest BCUT2D eigenvalue weighted by atomic mass is 19.3. The van der Waals surface area contributed by atoms with E-state index >= 15 is 0 Å². The number of anilines is 2. The van der Waals surface area contributed by atoms with Gasteiger partial charge in [-0.1, -0.05) is 6.92 Å². The fraction of sp³-hybridized carbons (Fsp3) is 0.440. The predicted molar refractivity (Wildman–Crippen MR) is 125 cm³/mol. The predicted octanol–water partition coefficient (Wildman–Crippen LogP) is 4.52. The van der Waals surface area contributed by atoms with Crippen LogP contribution in [-0.4, -0.2) is 45.5 Å². The average Bonchev–Trinajstić information content (AvgIpc) is 3.19. The van der Waals surface area contributed by atoms with Crippen molar-refractivity contribution in [1.29, 1.82) is 0 Å². The van der Waals surface area contributed by atoms with Gasteiger partial charge in [0.15, 0.2) is 0 Å². The van der Waals surface area contributed by atoms with Gasteiger partial charge >= 0.3 is 0 Å². The summed E-state index contributed by atoms with van der Waals surface area (Å²) < 4.78 is 27.1. The van der Waals surface area contributed by atoms with E-state index in [-0.39, 0.29) is 13.0 Å². The number of aryl methyl sites for hydroxylation is 2. The highest BCUT2D eigenvalue weighted by Gasteiger charge is 2.38. The Morgan fingerprint density at radius 3 is 2.52 bits per heavy atom. The minimum absolute atomic E-state index is 0.118. The van der Waals surface area contributed by atoms with Gasteiger partial charge in [0.2, 0.25) is 0 Å². The zero-order valence-electron chi connectivity index (χ0n) is 19.3. The summed E-state index contributed by atoms with van der Waals surface area (Å²) >= 11 is 0. The van der Waals surface area contributed by atoms with Crippen LogP contribution in [0.4, 0.5) is 20.4 Å². The lowest BCUT2D eigenvalue weighted by atomic mass is 10.0. The van der Waals surface area contributed by atoms with Gasteiger partial charge in [-0.25, -0.2) is 23.7 Å². The molecule has 1 saturated heterocycles. The molecule has 2 aliphatic rings. The van der Waals surface area contributed by atoms with E-state index in [9.17, 15) is 8.78 Å². The maximum absolute atomic E-state index is 13.5. The van der Waals surface area contributed by atoms with Gasteiger partial charge in [-0.2, -0.15) is 0 Å². The molecule has 0 amide bonds. The van der Waals surface area contributed by atoms with Gasteiger partial charge in [0.25, 0.3) is 5.92 Å². The van der Waals surface area contributed by atoms with E-state index in [4.69, 9.17) is 9.97 Å². The van der Waals surface area contributed by atoms with E-state index in [1.165, 1.54) is 5.56 Å². The van der Waals surface area contributed by atoms with Crippen LogP contribution in [0.25, 0.3) is 11.1 Å². The van der Waals surface area contributed by atoms with Gasteiger partial charge in [-0.15, -0.1) is 0 Å². The molecule has 33 heavy (non-hydrogen) atoms. The summed E-state index contributed by atoms with van der Waals surface area (Å²) in [6.07, 6.45) is 5.26. The second-order valence-electron chi connectivity index (χ2n) is 8.95. The maximum Gasteiger partial charge on any atom is 0.266 e. The molecule has 5 heterocycles. The molecule has 172 valence electrons. The van der Waals surface area contributed by atoms with Gasteiger partial charge in [0.05, 0.1) is 6.54 Å². The number of nitrogens with zero attached hydrogens (tertiary/aromatic N) is 6. The molecule has 6 nitrogen and oxygen atoms in total. The van der Waals surface area contributed by atoms with Crippen LogP contribution in [0, 0.1) is 13.8 Å². The van der Waals surface area contributed by atoms with Crippen molar-refractivity contribution in [2.24, 2.45) is 0 Å². The first-order chi connectivity index (χ1) is 15.8. The summed E-state index contributed by atoms with van der Waals surface area (Å²) in [5, 5.41) is 0. The first-order valence-electron chi connectivity index (χ1n) is 11.5. The molecule has 0 spiro atoms. The summed E-state index contributed by atoms with van der Waals surface area (Å²) in [6, 6.07) is 5.93. The normalized spacial score (nSPS) is 17.4. The Morgan fingerprint density at radius 1 is 1.00 bits per heavy atom. The van der Waals surface area contributed by atoms with Crippen LogP contribution in [-0.2, 0) is 19.4 Å². The van der Waals surface area contributed by atoms with Gasteiger partial charge in [0, 0.05) is 72.9 Å². The fourth-order valence-corrected chi connectivity index (χ4v) is 4.76. The van der Waals surface area contributed by atoms with Crippen LogP contribution >= 0.6 is 0 Å². The first kappa shape index (κ1) is 21.7. The lowest BCUT2D eigenvalue weighted by Gasteiger charge is -2.31. The topological polar surface area (TPSA) is 58.0 Å². The molecule has 5 rings (SSSR count). The molecule has 0 bridgehead atoms. The monoisotopic (exact) mass is 450 g/mol. The lowest BCUT2D eigenvalue weighted by molar-refractivity contribution is 0.0256. The second kappa shape index (κ2) is 8.32. The van der Waals surface area contributed by atoms with E-state index in [2.05, 4.69) is 34.8 Å². The molecule has 0 N–H and O–H groups in total. The van der Waals surface area contributed by atoms with Crippen molar-refractivity contribution in [1.82, 2.24) is 19.9 Å². The van der Waals surface area contributed by atoms with Crippen LogP contribution in [0.1, 0.15) is 41.7 Å². The molecular weight excluding hydrogens is 422 g/mol. The van der Waals surface area contributed by atoms with Gasteiger partial charge < -0.3 is 9.80 Å². The fourth-order valence-electron chi connectivity index (χ4n) is 4.76. The highest BCUT2D eigenvalue weighted by molar-refractivity contribution is 5.65. The number of pyridine rings is 2. The van der Waals surface area contributed by atoms with E-state index in [0.717, 1.165) is 65.7 Å². The molecule has 1 fully saturated rings. The summed E-state index contributed by atoms with van der Waals surface area (Å²) in [5.41, 5.74) is 6.43. The van der Waals surface area contributed by atoms with E-state index < -0.39 is 5.92 Å². The molecule has 3 aromatic heterocycles. The van der Waals surface area contributed by atoms with Crippen LogP contribution in [0.15, 0.2) is 30.6 Å². The Hall–Kier alpha value is -3.16. The first-order valence-corrected chi connectivity index (χ1v) is 11.5. The minimum atomic E-state index is -2.63. The third kappa shape index (κ3) is 4.26. The Kier molecular flexibility index (Phi) is 5.46. The zero-order chi connectivity index (χ0) is 23.2. The SMILES string of the molecule is CCc1nc(C)nc(N2CCc3ncc(-c4ccc(N5CCC(F)(F)C5)nc4)cc3C2)c1C. The summed E-state index contributed by atoms with van der Waals surface area (Å²) in [6.45, 7) is 7.84. The molecular formula is C25H28F2N6. The minimum Gasteiger partial charge on any atom is -0.351 e. The molecule has 8 heteroatoms. The number of rotatable bonds is 4. The molecule has 0 radical (unpaired) electrons. The van der Waals surface area contributed by atoms with Gasteiger partial charge in [-0.05, 0) is 44.0 Å². The van der Waals surface area contributed by atoms with Crippen LogP contribution in [0.5, 0.6) is 0 Å². The third-order valence-electron chi connectivity index (χ3n) is 6.58. The lowest BCUT2D eigenvalue weighted by Crippen LogP contribution is -2.32. The van der Waals surface area contributed by atoms with Crippen molar-refractivity contribution in [3.05, 3.63) is 58.9 Å². The van der Waals surface area contributed by atoms with E-state index in [1.807, 2.05) is 25.3 Å². The molecule has 0 aliphatic carbocycles. The zero-order valence-corrected chi connectivity index (χ0v) is 19.3. The summed E-state index contributed by atoms with van der Waals surface area (Å²) in [7, 11) is 0. The number of alkyl halides is 2. The van der Waals surface area contributed by atoms with Crippen LogP contribution in [0.2, 0.25) is 0 Å².